The van der Waals surface area contributed by atoms with Crippen molar-refractivity contribution in [3.63, 3.8) is 0 Å². The van der Waals surface area contributed by atoms with Crippen LogP contribution in [0.3, 0.4) is 0 Å². The Hall–Kier alpha value is -1.73. The highest BCUT2D eigenvalue weighted by molar-refractivity contribution is 6.31. The van der Waals surface area contributed by atoms with Gasteiger partial charge in [-0.25, -0.2) is 0 Å². The molecule has 1 aliphatic rings. The number of hydrogen-bond donors (Lipinski definition) is 1. The standard InChI is InChI=1S/C18H18ClN/c19-15-11-16(13-7-3-1-4-8-13)18(17(20)12-15)14-9-5-2-6-10-14/h2,5-7,9-12H,1,3-4,8,20H2. The number of rotatable bonds is 2. The van der Waals surface area contributed by atoms with E-state index in [1.165, 1.54) is 24.0 Å². The van der Waals surface area contributed by atoms with Gasteiger partial charge in [-0.2, -0.15) is 0 Å². The summed E-state index contributed by atoms with van der Waals surface area (Å²) in [5.74, 6) is 0. The minimum atomic E-state index is 0.712. The summed E-state index contributed by atoms with van der Waals surface area (Å²) in [4.78, 5) is 0. The van der Waals surface area contributed by atoms with E-state index in [9.17, 15) is 0 Å². The first-order valence-corrected chi connectivity index (χ1v) is 7.47. The van der Waals surface area contributed by atoms with E-state index in [0.717, 1.165) is 29.7 Å². The second-order valence-corrected chi connectivity index (χ2v) is 5.70. The van der Waals surface area contributed by atoms with Gasteiger partial charge in [-0.15, -0.1) is 0 Å². The highest BCUT2D eigenvalue weighted by Gasteiger charge is 2.15. The molecule has 2 aromatic carbocycles. The molecule has 3 rings (SSSR count). The van der Waals surface area contributed by atoms with Crippen LogP contribution in [-0.2, 0) is 0 Å². The van der Waals surface area contributed by atoms with Crippen LogP contribution in [0, 0.1) is 0 Å². The van der Waals surface area contributed by atoms with Crippen molar-refractivity contribution < 1.29 is 0 Å². The van der Waals surface area contributed by atoms with Crippen molar-refractivity contribution in [2.24, 2.45) is 0 Å². The van der Waals surface area contributed by atoms with Gasteiger partial charge in [-0.3, -0.25) is 0 Å². The van der Waals surface area contributed by atoms with Crippen LogP contribution in [0.1, 0.15) is 31.2 Å². The molecule has 0 saturated heterocycles. The van der Waals surface area contributed by atoms with E-state index in [1.54, 1.807) is 0 Å². The third-order valence-electron chi connectivity index (χ3n) is 3.83. The molecule has 0 saturated carbocycles. The molecule has 0 radical (unpaired) electrons. The second kappa shape index (κ2) is 5.72. The highest BCUT2D eigenvalue weighted by Crippen LogP contribution is 2.39. The average Bonchev–Trinajstić information content (AvgIpc) is 2.48. The maximum absolute atomic E-state index is 6.25. The topological polar surface area (TPSA) is 26.0 Å². The van der Waals surface area contributed by atoms with Crippen molar-refractivity contribution in [1.82, 2.24) is 0 Å². The largest absolute Gasteiger partial charge is 0.398 e. The Balaban J connectivity index is 2.20. The van der Waals surface area contributed by atoms with E-state index in [2.05, 4.69) is 24.3 Å². The molecule has 0 unspecified atom stereocenters. The number of halogens is 1. The molecule has 0 atom stereocenters. The molecule has 0 bridgehead atoms. The van der Waals surface area contributed by atoms with Crippen molar-refractivity contribution in [3.05, 3.63) is 59.1 Å². The Labute approximate surface area is 125 Å². The normalized spacial score (nSPS) is 14.9. The van der Waals surface area contributed by atoms with Crippen molar-refractivity contribution in [3.8, 4) is 11.1 Å². The van der Waals surface area contributed by atoms with Crippen molar-refractivity contribution in [2.75, 3.05) is 5.73 Å². The molecule has 0 fully saturated rings. The minimum absolute atomic E-state index is 0.712. The summed E-state index contributed by atoms with van der Waals surface area (Å²) in [6, 6.07) is 14.2. The molecule has 0 spiro atoms. The molecule has 20 heavy (non-hydrogen) atoms. The van der Waals surface area contributed by atoms with E-state index >= 15 is 0 Å². The Morgan fingerprint density at radius 2 is 1.80 bits per heavy atom. The fourth-order valence-corrected chi connectivity index (χ4v) is 3.12. The summed E-state index contributed by atoms with van der Waals surface area (Å²) in [6.07, 6.45) is 7.11. The SMILES string of the molecule is Nc1cc(Cl)cc(C2=CCCCC2)c1-c1ccccc1. The third kappa shape index (κ3) is 2.59. The molecule has 0 aliphatic heterocycles. The van der Waals surface area contributed by atoms with Crippen LogP contribution in [0.25, 0.3) is 16.7 Å². The number of nitrogen functional groups attached to an aromatic ring is 1. The maximum Gasteiger partial charge on any atom is 0.0432 e. The van der Waals surface area contributed by atoms with Gasteiger partial charge in [0, 0.05) is 16.3 Å². The lowest BCUT2D eigenvalue weighted by Gasteiger charge is -2.19. The molecule has 0 amide bonds. The number of benzene rings is 2. The van der Waals surface area contributed by atoms with E-state index < -0.39 is 0 Å². The van der Waals surface area contributed by atoms with Crippen LogP contribution in [0.5, 0.6) is 0 Å². The zero-order valence-corrected chi connectivity index (χ0v) is 12.2. The second-order valence-electron chi connectivity index (χ2n) is 5.26. The van der Waals surface area contributed by atoms with Crippen LogP contribution in [0.2, 0.25) is 5.02 Å². The summed E-state index contributed by atoms with van der Waals surface area (Å²) < 4.78 is 0. The molecular weight excluding hydrogens is 266 g/mol. The molecule has 1 nitrogen and oxygen atoms in total. The molecule has 0 aromatic heterocycles. The van der Waals surface area contributed by atoms with Gasteiger partial charge in [0.05, 0.1) is 0 Å². The van der Waals surface area contributed by atoms with E-state index in [0.29, 0.717) is 5.02 Å². The summed E-state index contributed by atoms with van der Waals surface area (Å²) >= 11 is 6.22. The van der Waals surface area contributed by atoms with Gasteiger partial charge in [0.15, 0.2) is 0 Å². The first-order chi connectivity index (χ1) is 9.75. The minimum Gasteiger partial charge on any atom is -0.398 e. The summed E-state index contributed by atoms with van der Waals surface area (Å²) in [7, 11) is 0. The molecule has 2 heteroatoms. The third-order valence-corrected chi connectivity index (χ3v) is 4.05. The van der Waals surface area contributed by atoms with E-state index in [1.807, 2.05) is 24.3 Å². The van der Waals surface area contributed by atoms with Crippen molar-refractivity contribution >= 4 is 22.9 Å². The fourth-order valence-electron chi connectivity index (χ4n) is 2.89. The van der Waals surface area contributed by atoms with Crippen LogP contribution in [-0.4, -0.2) is 0 Å². The quantitative estimate of drug-likeness (QED) is 0.719. The Bertz CT molecular complexity index is 644. The highest BCUT2D eigenvalue weighted by atomic mass is 35.5. The molecule has 1 aliphatic carbocycles. The molecule has 2 aromatic rings. The van der Waals surface area contributed by atoms with Crippen LogP contribution in [0.15, 0.2) is 48.5 Å². The molecular formula is C18H18ClN. The Kier molecular flexibility index (Phi) is 3.79. The summed E-state index contributed by atoms with van der Waals surface area (Å²) in [5, 5.41) is 0.712. The average molecular weight is 284 g/mol. The van der Waals surface area contributed by atoms with Gasteiger partial charge in [-0.05, 0) is 54.5 Å². The number of hydrogen-bond acceptors (Lipinski definition) is 1. The first kappa shape index (κ1) is 13.3. The molecule has 102 valence electrons. The van der Waals surface area contributed by atoms with Crippen LogP contribution >= 0.6 is 11.6 Å². The maximum atomic E-state index is 6.25. The lowest BCUT2D eigenvalue weighted by atomic mass is 9.87. The number of allylic oxidation sites excluding steroid dienone is 2. The molecule has 2 N–H and O–H groups in total. The van der Waals surface area contributed by atoms with Crippen LogP contribution in [0.4, 0.5) is 5.69 Å². The Morgan fingerprint density at radius 3 is 2.50 bits per heavy atom. The van der Waals surface area contributed by atoms with Gasteiger partial charge in [0.1, 0.15) is 0 Å². The predicted octanol–water partition coefficient (Wildman–Crippen LogP) is 5.55. The van der Waals surface area contributed by atoms with Gasteiger partial charge < -0.3 is 5.73 Å². The van der Waals surface area contributed by atoms with Gasteiger partial charge in [0.2, 0.25) is 0 Å². The van der Waals surface area contributed by atoms with Crippen LogP contribution < -0.4 is 5.73 Å². The van der Waals surface area contributed by atoms with Gasteiger partial charge in [0.25, 0.3) is 0 Å². The van der Waals surface area contributed by atoms with Gasteiger partial charge >= 0.3 is 0 Å². The number of nitrogens with two attached hydrogens (primary N) is 1. The molecule has 0 heterocycles. The van der Waals surface area contributed by atoms with Crippen molar-refractivity contribution in [1.29, 1.82) is 0 Å². The summed E-state index contributed by atoms with van der Waals surface area (Å²) in [5.41, 5.74) is 11.8. The smallest absolute Gasteiger partial charge is 0.0432 e. The summed E-state index contributed by atoms with van der Waals surface area (Å²) in [6.45, 7) is 0. The Morgan fingerprint density at radius 1 is 1.00 bits per heavy atom. The van der Waals surface area contributed by atoms with E-state index in [-0.39, 0.29) is 0 Å². The lowest BCUT2D eigenvalue weighted by molar-refractivity contribution is 0.742. The van der Waals surface area contributed by atoms with Crippen molar-refractivity contribution in [2.45, 2.75) is 25.7 Å². The zero-order chi connectivity index (χ0) is 13.9. The van der Waals surface area contributed by atoms with Gasteiger partial charge in [-0.1, -0.05) is 48.0 Å². The van der Waals surface area contributed by atoms with E-state index in [4.69, 9.17) is 17.3 Å². The lowest BCUT2D eigenvalue weighted by Crippen LogP contribution is -1.99. The monoisotopic (exact) mass is 283 g/mol. The fraction of sp³-hybridized carbons (Fsp3) is 0.222. The first-order valence-electron chi connectivity index (χ1n) is 7.09. The predicted molar refractivity (Wildman–Crippen MR) is 87.7 cm³/mol. The number of anilines is 1. The zero-order valence-electron chi connectivity index (χ0n) is 11.4.